The molecule has 0 radical (unpaired) electrons. The molecule has 10 heteroatoms. The zero-order valence-electron chi connectivity index (χ0n) is 19.3. The number of nitriles is 1. The van der Waals surface area contributed by atoms with E-state index in [9.17, 15) is 19.6 Å². The van der Waals surface area contributed by atoms with Crippen molar-refractivity contribution in [1.29, 1.82) is 5.26 Å². The Balaban J connectivity index is 1.29. The normalized spacial score (nSPS) is 22.5. The number of rotatable bonds is 4. The molecule has 3 aliphatic rings. The van der Waals surface area contributed by atoms with Crippen LogP contribution >= 0.6 is 0 Å². The standard InChI is InChI=1S/C26H23FN6O3/c27-18-3-1-2-15(10-28)23(18)19-8-20(24-21(31-19)12-30-25(24)35)32-22-5-4-16(11-29-22)33-7-6-26(14-33)9-17(34)13-36-26/h1-5,8,11,17,34H,6-7,9,12-14H2,(H,30,35)(H,29,31,32)/t17-,26-/m1/s1. The van der Waals surface area contributed by atoms with Gasteiger partial charge in [-0.05, 0) is 36.8 Å². The van der Waals surface area contributed by atoms with Crippen molar-refractivity contribution < 1.29 is 19.0 Å². The first-order valence-electron chi connectivity index (χ1n) is 11.8. The second-order valence-electron chi connectivity index (χ2n) is 9.38. The van der Waals surface area contributed by atoms with Crippen molar-refractivity contribution >= 4 is 23.1 Å². The Labute approximate surface area is 206 Å². The van der Waals surface area contributed by atoms with Crippen molar-refractivity contribution in [3.8, 4) is 17.3 Å². The number of amides is 1. The number of nitrogens with zero attached hydrogens (tertiary/aromatic N) is 4. The highest BCUT2D eigenvalue weighted by Gasteiger charge is 2.45. The number of hydrogen-bond acceptors (Lipinski definition) is 8. The first-order valence-corrected chi connectivity index (χ1v) is 11.8. The summed E-state index contributed by atoms with van der Waals surface area (Å²) in [6.45, 7) is 2.10. The van der Waals surface area contributed by atoms with Gasteiger partial charge in [0.05, 0.1) is 76.6 Å². The number of nitrogens with one attached hydrogen (secondary N) is 2. The average molecular weight is 487 g/mol. The van der Waals surface area contributed by atoms with Crippen LogP contribution in [0.3, 0.4) is 0 Å². The van der Waals surface area contributed by atoms with Gasteiger partial charge in [-0.2, -0.15) is 5.26 Å². The van der Waals surface area contributed by atoms with Gasteiger partial charge in [-0.1, -0.05) is 6.07 Å². The third-order valence-electron chi connectivity index (χ3n) is 7.01. The summed E-state index contributed by atoms with van der Waals surface area (Å²) in [6, 6.07) is 11.6. The predicted molar refractivity (Wildman–Crippen MR) is 129 cm³/mol. The number of halogens is 1. The second-order valence-corrected chi connectivity index (χ2v) is 9.38. The summed E-state index contributed by atoms with van der Waals surface area (Å²) in [5.74, 6) is -0.332. The van der Waals surface area contributed by atoms with Crippen molar-refractivity contribution in [2.45, 2.75) is 31.1 Å². The Kier molecular flexibility index (Phi) is 5.32. The summed E-state index contributed by atoms with van der Waals surface area (Å²) in [6.07, 6.45) is 2.84. The van der Waals surface area contributed by atoms with E-state index in [4.69, 9.17) is 4.74 Å². The fraction of sp³-hybridized carbons (Fsp3) is 0.308. The predicted octanol–water partition coefficient (Wildman–Crippen LogP) is 2.87. The van der Waals surface area contributed by atoms with E-state index in [1.807, 2.05) is 18.2 Å². The molecule has 6 rings (SSSR count). The van der Waals surface area contributed by atoms with Crippen molar-refractivity contribution in [3.63, 3.8) is 0 Å². The van der Waals surface area contributed by atoms with E-state index in [0.717, 1.165) is 18.7 Å². The van der Waals surface area contributed by atoms with E-state index in [-0.39, 0.29) is 34.9 Å². The Hall–Kier alpha value is -4.07. The molecule has 1 spiro atoms. The molecular weight excluding hydrogens is 463 g/mol. The summed E-state index contributed by atoms with van der Waals surface area (Å²) >= 11 is 0. The van der Waals surface area contributed by atoms with Gasteiger partial charge in [-0.3, -0.25) is 4.79 Å². The maximum Gasteiger partial charge on any atom is 0.255 e. The summed E-state index contributed by atoms with van der Waals surface area (Å²) in [4.78, 5) is 23.7. The van der Waals surface area contributed by atoms with Gasteiger partial charge in [-0.25, -0.2) is 14.4 Å². The number of anilines is 3. The van der Waals surface area contributed by atoms with E-state index in [1.54, 1.807) is 12.3 Å². The molecule has 0 aliphatic carbocycles. The lowest BCUT2D eigenvalue weighted by Gasteiger charge is -2.24. The smallest absolute Gasteiger partial charge is 0.255 e. The third-order valence-corrected chi connectivity index (χ3v) is 7.01. The van der Waals surface area contributed by atoms with Crippen molar-refractivity contribution in [2.75, 3.05) is 29.9 Å². The molecule has 2 fully saturated rings. The number of carbonyl (C=O) groups excluding carboxylic acids is 1. The topological polar surface area (TPSA) is 123 Å². The molecule has 2 saturated heterocycles. The molecular formula is C26H23FN6O3. The zero-order chi connectivity index (χ0) is 24.9. The Morgan fingerprint density at radius 3 is 2.94 bits per heavy atom. The molecule has 3 aliphatic heterocycles. The van der Waals surface area contributed by atoms with E-state index in [2.05, 4.69) is 25.5 Å². The third kappa shape index (κ3) is 3.82. The Morgan fingerprint density at radius 1 is 1.31 bits per heavy atom. The number of carbonyl (C=O) groups is 1. The molecule has 3 aromatic rings. The molecule has 1 aromatic carbocycles. The summed E-state index contributed by atoms with van der Waals surface area (Å²) < 4.78 is 20.6. The number of fused-ring (bicyclic) bond motifs is 1. The highest BCUT2D eigenvalue weighted by molar-refractivity contribution is 6.04. The number of aliphatic hydroxyl groups excluding tert-OH is 1. The van der Waals surface area contributed by atoms with Gasteiger partial charge in [0.25, 0.3) is 5.91 Å². The van der Waals surface area contributed by atoms with Crippen LogP contribution in [0.5, 0.6) is 0 Å². The highest BCUT2D eigenvalue weighted by Crippen LogP contribution is 2.38. The number of pyridine rings is 2. The van der Waals surface area contributed by atoms with Gasteiger partial charge >= 0.3 is 0 Å². The van der Waals surface area contributed by atoms with Gasteiger partial charge in [0, 0.05) is 19.5 Å². The van der Waals surface area contributed by atoms with Crippen LogP contribution in [0.1, 0.15) is 34.5 Å². The van der Waals surface area contributed by atoms with Crippen LogP contribution in [0.15, 0.2) is 42.6 Å². The molecule has 0 unspecified atom stereocenters. The van der Waals surface area contributed by atoms with Crippen LogP contribution in [0, 0.1) is 17.1 Å². The lowest BCUT2D eigenvalue weighted by atomic mass is 9.98. The van der Waals surface area contributed by atoms with Crippen molar-refractivity contribution in [1.82, 2.24) is 15.3 Å². The highest BCUT2D eigenvalue weighted by atomic mass is 19.1. The first kappa shape index (κ1) is 22.4. The molecule has 5 heterocycles. The maximum absolute atomic E-state index is 14.7. The number of aromatic nitrogens is 2. The van der Waals surface area contributed by atoms with Crippen LogP contribution in [0.25, 0.3) is 11.3 Å². The van der Waals surface area contributed by atoms with Gasteiger partial charge < -0.3 is 25.4 Å². The number of ether oxygens (including phenoxy) is 1. The molecule has 36 heavy (non-hydrogen) atoms. The summed E-state index contributed by atoms with van der Waals surface area (Å²) in [7, 11) is 0. The van der Waals surface area contributed by atoms with Crippen LogP contribution < -0.4 is 15.5 Å². The largest absolute Gasteiger partial charge is 0.391 e. The molecule has 1 amide bonds. The van der Waals surface area contributed by atoms with Crippen molar-refractivity contribution in [2.24, 2.45) is 0 Å². The first-order chi connectivity index (χ1) is 17.4. The fourth-order valence-electron chi connectivity index (χ4n) is 5.29. The zero-order valence-corrected chi connectivity index (χ0v) is 19.3. The van der Waals surface area contributed by atoms with Crippen molar-refractivity contribution in [3.05, 3.63) is 65.2 Å². The number of aliphatic hydroxyl groups is 1. The second kappa shape index (κ2) is 8.55. The molecule has 9 nitrogen and oxygen atoms in total. The lowest BCUT2D eigenvalue weighted by molar-refractivity contribution is 0.0185. The fourth-order valence-corrected chi connectivity index (χ4v) is 5.29. The minimum Gasteiger partial charge on any atom is -0.391 e. The van der Waals surface area contributed by atoms with Gasteiger partial charge in [0.1, 0.15) is 11.6 Å². The molecule has 182 valence electrons. The Bertz CT molecular complexity index is 1410. The molecule has 2 atom stereocenters. The van der Waals surface area contributed by atoms with Crippen LogP contribution in [0.4, 0.5) is 21.6 Å². The molecule has 0 bridgehead atoms. The average Bonchev–Trinajstić information content (AvgIpc) is 3.58. The quantitative estimate of drug-likeness (QED) is 0.515. The molecule has 0 saturated carbocycles. The maximum atomic E-state index is 14.7. The van der Waals surface area contributed by atoms with E-state index in [0.29, 0.717) is 42.3 Å². The minimum atomic E-state index is -0.561. The van der Waals surface area contributed by atoms with Crippen LogP contribution in [-0.2, 0) is 11.3 Å². The number of hydrogen-bond donors (Lipinski definition) is 3. The molecule has 2 aromatic heterocycles. The molecule has 3 N–H and O–H groups in total. The van der Waals surface area contributed by atoms with Crippen LogP contribution in [-0.4, -0.2) is 52.4 Å². The Morgan fingerprint density at radius 2 is 2.19 bits per heavy atom. The van der Waals surface area contributed by atoms with Gasteiger partial charge in [-0.15, -0.1) is 0 Å². The monoisotopic (exact) mass is 486 g/mol. The van der Waals surface area contributed by atoms with E-state index >= 15 is 0 Å². The van der Waals surface area contributed by atoms with Crippen LogP contribution in [0.2, 0.25) is 0 Å². The summed E-state index contributed by atoms with van der Waals surface area (Å²) in [5.41, 5.74) is 2.44. The number of benzene rings is 1. The SMILES string of the molecule is N#Cc1cccc(F)c1-c1cc(Nc2ccc(N3CC[C@@]4(C[C@@H](O)CO4)C3)cn2)c2c(n1)CNC2=O. The van der Waals surface area contributed by atoms with Gasteiger partial charge in [0.15, 0.2) is 0 Å². The van der Waals surface area contributed by atoms with E-state index < -0.39 is 11.9 Å². The van der Waals surface area contributed by atoms with E-state index in [1.165, 1.54) is 18.2 Å². The van der Waals surface area contributed by atoms with Gasteiger partial charge in [0.2, 0.25) is 0 Å². The lowest BCUT2D eigenvalue weighted by Crippen LogP contribution is -2.33. The summed E-state index contributed by atoms with van der Waals surface area (Å²) in [5, 5.41) is 25.3. The minimum absolute atomic E-state index is 0.0933.